The first-order valence-electron chi connectivity index (χ1n) is 12.3. The van der Waals surface area contributed by atoms with Crippen LogP contribution in [0.3, 0.4) is 0 Å². The third-order valence-electron chi connectivity index (χ3n) is 6.15. The number of hydrogen-bond acceptors (Lipinski definition) is 8. The van der Waals surface area contributed by atoms with Crippen LogP contribution in [0.4, 0.5) is 0 Å². The van der Waals surface area contributed by atoms with Gasteiger partial charge < -0.3 is 14.2 Å². The highest BCUT2D eigenvalue weighted by molar-refractivity contribution is 9.10. The highest BCUT2D eigenvalue weighted by Crippen LogP contribution is 2.40. The van der Waals surface area contributed by atoms with Crippen LogP contribution in [-0.2, 0) is 9.53 Å². The molecular weight excluding hydrogens is 669 g/mol. The maximum atomic E-state index is 13.1. The summed E-state index contributed by atoms with van der Waals surface area (Å²) in [6.45, 7) is 4.15. The van der Waals surface area contributed by atoms with Gasteiger partial charge in [0.1, 0.15) is 9.75 Å². The molecule has 0 saturated carbocycles. The minimum absolute atomic E-state index is 0.111. The molecule has 6 nitrogen and oxygen atoms in total. The van der Waals surface area contributed by atoms with E-state index in [0.29, 0.717) is 37.7 Å². The minimum Gasteiger partial charge on any atom is -0.490 e. The fourth-order valence-corrected chi connectivity index (χ4v) is 7.73. The number of fused-ring (bicyclic) bond motifs is 2. The van der Waals surface area contributed by atoms with Gasteiger partial charge in [0, 0.05) is 24.6 Å². The van der Waals surface area contributed by atoms with Crippen molar-refractivity contribution in [2.24, 2.45) is 4.99 Å². The Hall–Kier alpha value is -3.21. The van der Waals surface area contributed by atoms with Gasteiger partial charge in [0.2, 0.25) is 5.90 Å². The number of cyclic esters (lactones) is 1. The van der Waals surface area contributed by atoms with Gasteiger partial charge in [0.25, 0.3) is 0 Å². The SMILES string of the molecule is CCOc1cc(/C=C2/N=C(c3sc4cc(C)ccc4c3Cl)OC2=O)ccc1OC(=O)c1sc2cc(Br)ccc2c1Cl. The van der Waals surface area contributed by atoms with Gasteiger partial charge in [-0.1, -0.05) is 63.4 Å². The van der Waals surface area contributed by atoms with Gasteiger partial charge in [0.05, 0.1) is 16.7 Å². The van der Waals surface area contributed by atoms with Crippen molar-refractivity contribution in [3.05, 3.63) is 95.7 Å². The van der Waals surface area contributed by atoms with Crippen molar-refractivity contribution in [3.8, 4) is 11.5 Å². The molecule has 1 aliphatic rings. The molecule has 206 valence electrons. The van der Waals surface area contributed by atoms with Crippen LogP contribution in [0.15, 0.2) is 69.8 Å². The number of thiophene rings is 2. The molecular formula is C30H18BrCl2NO5S2. The maximum Gasteiger partial charge on any atom is 0.363 e. The Labute approximate surface area is 260 Å². The summed E-state index contributed by atoms with van der Waals surface area (Å²) in [5.41, 5.74) is 1.82. The van der Waals surface area contributed by atoms with Gasteiger partial charge in [-0.2, -0.15) is 0 Å². The van der Waals surface area contributed by atoms with Gasteiger partial charge in [-0.25, -0.2) is 14.6 Å². The molecule has 2 aromatic heterocycles. The maximum absolute atomic E-state index is 13.1. The van der Waals surface area contributed by atoms with Crippen LogP contribution in [0.2, 0.25) is 10.0 Å². The van der Waals surface area contributed by atoms with Crippen LogP contribution >= 0.6 is 61.8 Å². The number of nitrogens with zero attached hydrogens (tertiary/aromatic N) is 1. The average Bonchev–Trinajstić information content (AvgIpc) is 3.57. The zero-order valence-corrected chi connectivity index (χ0v) is 26.2. The predicted molar refractivity (Wildman–Crippen MR) is 169 cm³/mol. The van der Waals surface area contributed by atoms with Crippen molar-refractivity contribution in [1.82, 2.24) is 0 Å². The highest BCUT2D eigenvalue weighted by Gasteiger charge is 2.28. The van der Waals surface area contributed by atoms with E-state index in [1.54, 1.807) is 24.3 Å². The topological polar surface area (TPSA) is 74.2 Å². The Bertz CT molecular complexity index is 1960. The lowest BCUT2D eigenvalue weighted by Crippen LogP contribution is -2.08. The lowest BCUT2D eigenvalue weighted by Gasteiger charge is -2.11. The molecule has 0 radical (unpaired) electrons. The summed E-state index contributed by atoms with van der Waals surface area (Å²) in [5, 5.41) is 2.48. The Balaban J connectivity index is 1.29. The Morgan fingerprint density at radius 2 is 1.76 bits per heavy atom. The Morgan fingerprint density at radius 1 is 1.00 bits per heavy atom. The highest BCUT2D eigenvalue weighted by atomic mass is 79.9. The summed E-state index contributed by atoms with van der Waals surface area (Å²) in [6, 6.07) is 16.5. The fraction of sp³-hybridized carbons (Fsp3) is 0.100. The van der Waals surface area contributed by atoms with Crippen molar-refractivity contribution < 1.29 is 23.8 Å². The second-order valence-corrected chi connectivity index (χ2v) is 12.8. The van der Waals surface area contributed by atoms with Gasteiger partial charge in [0.15, 0.2) is 17.2 Å². The summed E-state index contributed by atoms with van der Waals surface area (Å²) in [5.74, 6) is -0.478. The molecule has 0 fully saturated rings. The smallest absolute Gasteiger partial charge is 0.363 e. The summed E-state index contributed by atoms with van der Waals surface area (Å²) < 4.78 is 19.6. The molecule has 0 amide bonds. The summed E-state index contributed by atoms with van der Waals surface area (Å²) in [4.78, 5) is 31.1. The molecule has 5 aromatic rings. The summed E-state index contributed by atoms with van der Waals surface area (Å²) >= 11 is 19.2. The van der Waals surface area contributed by atoms with Crippen molar-refractivity contribution in [1.29, 1.82) is 0 Å². The second-order valence-electron chi connectivity index (χ2n) is 9.00. The lowest BCUT2D eigenvalue weighted by molar-refractivity contribution is -0.129. The Kier molecular flexibility index (Phi) is 7.65. The number of rotatable bonds is 6. The van der Waals surface area contributed by atoms with Crippen molar-refractivity contribution in [2.75, 3.05) is 6.61 Å². The van der Waals surface area contributed by atoms with E-state index in [0.717, 1.165) is 30.2 Å². The molecule has 6 rings (SSSR count). The second kappa shape index (κ2) is 11.2. The van der Waals surface area contributed by atoms with Crippen molar-refractivity contribution >= 4 is 106 Å². The van der Waals surface area contributed by atoms with Crippen LogP contribution in [0.5, 0.6) is 11.5 Å². The molecule has 0 bridgehead atoms. The van der Waals surface area contributed by atoms with Crippen molar-refractivity contribution in [3.63, 3.8) is 0 Å². The predicted octanol–water partition coefficient (Wildman–Crippen LogP) is 9.46. The van der Waals surface area contributed by atoms with E-state index in [1.807, 2.05) is 50.2 Å². The van der Waals surface area contributed by atoms with Crippen LogP contribution in [0, 0.1) is 6.92 Å². The van der Waals surface area contributed by atoms with E-state index in [9.17, 15) is 9.59 Å². The summed E-state index contributed by atoms with van der Waals surface area (Å²) in [6.07, 6.45) is 1.58. The van der Waals surface area contributed by atoms with E-state index < -0.39 is 11.9 Å². The van der Waals surface area contributed by atoms with Crippen molar-refractivity contribution in [2.45, 2.75) is 13.8 Å². The molecule has 3 aromatic carbocycles. The third-order valence-corrected chi connectivity index (χ3v) is 9.93. The fourth-order valence-electron chi connectivity index (χ4n) is 4.26. The molecule has 41 heavy (non-hydrogen) atoms. The van der Waals surface area contributed by atoms with E-state index in [-0.39, 0.29) is 17.3 Å². The number of carbonyl (C=O) groups excluding carboxylic acids is 2. The average molecular weight is 687 g/mol. The number of halogens is 3. The molecule has 0 aliphatic carbocycles. The van der Waals surface area contributed by atoms with Crippen LogP contribution in [-0.4, -0.2) is 24.4 Å². The van der Waals surface area contributed by atoms with Gasteiger partial charge in [-0.05, 0) is 61.4 Å². The largest absolute Gasteiger partial charge is 0.490 e. The number of aliphatic imine (C=N–C) groups is 1. The first-order valence-corrected chi connectivity index (χ1v) is 15.5. The van der Waals surface area contributed by atoms with Crippen LogP contribution < -0.4 is 9.47 Å². The molecule has 11 heteroatoms. The monoisotopic (exact) mass is 685 g/mol. The summed E-state index contributed by atoms with van der Waals surface area (Å²) in [7, 11) is 0. The number of hydrogen-bond donors (Lipinski definition) is 0. The van der Waals surface area contributed by atoms with Gasteiger partial charge in [-0.3, -0.25) is 0 Å². The number of esters is 2. The molecule has 0 N–H and O–H groups in total. The quantitative estimate of drug-likeness (QED) is 0.101. The van der Waals surface area contributed by atoms with Crippen LogP contribution in [0.1, 0.15) is 32.6 Å². The molecule has 3 heterocycles. The van der Waals surface area contributed by atoms with E-state index in [1.165, 1.54) is 22.7 Å². The molecule has 0 unspecified atom stereocenters. The van der Waals surface area contributed by atoms with Crippen LogP contribution in [0.25, 0.3) is 26.2 Å². The van der Waals surface area contributed by atoms with E-state index in [4.69, 9.17) is 37.4 Å². The van der Waals surface area contributed by atoms with E-state index in [2.05, 4.69) is 20.9 Å². The standard InChI is InChI=1S/C30H18BrCl2NO5S2/c1-3-37-21-12-15(5-9-20(21)38-30(36)27-25(33)18-8-6-16(31)13-23(18)41-27)11-19-29(35)39-28(34-19)26-24(32)17-7-4-14(2)10-22(17)40-26/h4-13H,3H2,1-2H3/b19-11+. The number of ether oxygens (including phenoxy) is 3. The normalized spacial score (nSPS) is 14.1. The zero-order valence-electron chi connectivity index (χ0n) is 21.4. The number of benzene rings is 3. The molecule has 0 saturated heterocycles. The molecule has 0 spiro atoms. The Morgan fingerprint density at radius 3 is 2.56 bits per heavy atom. The van der Waals surface area contributed by atoms with E-state index >= 15 is 0 Å². The number of carbonyl (C=O) groups is 2. The van der Waals surface area contributed by atoms with Gasteiger partial charge in [-0.15, -0.1) is 22.7 Å². The lowest BCUT2D eigenvalue weighted by atomic mass is 10.1. The first-order chi connectivity index (χ1) is 19.7. The third kappa shape index (κ3) is 5.40. The zero-order chi connectivity index (χ0) is 28.8. The minimum atomic E-state index is -0.594. The van der Waals surface area contributed by atoms with Gasteiger partial charge >= 0.3 is 11.9 Å². The first kappa shape index (κ1) is 27.9. The number of aryl methyl sites for hydroxylation is 1. The molecule has 0 atom stereocenters. The molecule has 1 aliphatic heterocycles.